The van der Waals surface area contributed by atoms with Crippen molar-refractivity contribution in [1.29, 1.82) is 0 Å². The molecule has 1 atom stereocenters. The summed E-state index contributed by atoms with van der Waals surface area (Å²) in [4.78, 5) is 15.1. The number of thioether (sulfide) groups is 1. The van der Waals surface area contributed by atoms with E-state index >= 15 is 0 Å². The molecular weight excluding hydrogens is 202 g/mol. The van der Waals surface area contributed by atoms with E-state index < -0.39 is 10.7 Å². The van der Waals surface area contributed by atoms with E-state index in [-0.39, 0.29) is 5.92 Å². The van der Waals surface area contributed by atoms with Gasteiger partial charge in [-0.25, -0.2) is 4.98 Å². The molecule has 0 spiro atoms. The third-order valence-electron chi connectivity index (χ3n) is 2.48. The number of aromatic amines is 1. The quantitative estimate of drug-likeness (QED) is 0.733. The molecule has 1 unspecified atom stereocenters. The van der Waals surface area contributed by atoms with Gasteiger partial charge in [-0.05, 0) is 25.7 Å². The summed E-state index contributed by atoms with van der Waals surface area (Å²) < 4.78 is -0.764. The van der Waals surface area contributed by atoms with E-state index in [1.54, 1.807) is 6.92 Å². The number of aromatic nitrogens is 3. The molecule has 0 aromatic carbocycles. The van der Waals surface area contributed by atoms with E-state index in [0.29, 0.717) is 5.16 Å². The van der Waals surface area contributed by atoms with Crippen LogP contribution < -0.4 is 0 Å². The molecule has 1 aromatic heterocycles. The molecule has 1 aliphatic carbocycles. The van der Waals surface area contributed by atoms with Crippen LogP contribution in [0.1, 0.15) is 19.8 Å². The second kappa shape index (κ2) is 3.27. The van der Waals surface area contributed by atoms with Gasteiger partial charge in [0.1, 0.15) is 11.1 Å². The van der Waals surface area contributed by atoms with Gasteiger partial charge in [-0.15, -0.1) is 0 Å². The number of hydrogen-bond acceptors (Lipinski definition) is 4. The zero-order valence-electron chi connectivity index (χ0n) is 7.73. The number of nitrogens with zero attached hydrogens (tertiary/aromatic N) is 2. The summed E-state index contributed by atoms with van der Waals surface area (Å²) in [7, 11) is 0. The Balaban J connectivity index is 2.15. The molecule has 5 nitrogen and oxygen atoms in total. The molecule has 0 aliphatic heterocycles. The monoisotopic (exact) mass is 213 g/mol. The Kier molecular flexibility index (Phi) is 2.22. The molecule has 0 radical (unpaired) electrons. The largest absolute Gasteiger partial charge is 0.480 e. The lowest BCUT2D eigenvalue weighted by Gasteiger charge is -2.21. The van der Waals surface area contributed by atoms with Crippen LogP contribution in [-0.4, -0.2) is 31.0 Å². The Bertz CT molecular complexity index is 336. The number of carboxylic acids is 1. The van der Waals surface area contributed by atoms with Gasteiger partial charge < -0.3 is 5.11 Å². The normalized spacial score (nSPS) is 20.4. The number of carboxylic acid groups (broad SMARTS) is 1. The SMILES string of the molecule is CC(Sc1ncn[nH]1)(C(=O)O)C1CC1. The highest BCUT2D eigenvalue weighted by Gasteiger charge is 2.49. The van der Waals surface area contributed by atoms with Crippen LogP contribution in [0.4, 0.5) is 0 Å². The van der Waals surface area contributed by atoms with Crippen LogP contribution >= 0.6 is 11.8 Å². The van der Waals surface area contributed by atoms with Gasteiger partial charge in [-0.2, -0.15) is 5.10 Å². The molecule has 2 rings (SSSR count). The fourth-order valence-corrected chi connectivity index (χ4v) is 2.47. The van der Waals surface area contributed by atoms with Crippen molar-refractivity contribution in [2.75, 3.05) is 0 Å². The lowest BCUT2D eigenvalue weighted by atomic mass is 10.1. The van der Waals surface area contributed by atoms with Gasteiger partial charge in [-0.3, -0.25) is 9.89 Å². The van der Waals surface area contributed by atoms with Crippen molar-refractivity contribution in [2.45, 2.75) is 29.7 Å². The molecule has 1 aliphatic rings. The minimum absolute atomic E-state index is 0.259. The Morgan fingerprint density at radius 1 is 1.79 bits per heavy atom. The van der Waals surface area contributed by atoms with Crippen LogP contribution in [0.2, 0.25) is 0 Å². The van der Waals surface area contributed by atoms with Crippen LogP contribution in [-0.2, 0) is 4.79 Å². The van der Waals surface area contributed by atoms with Crippen molar-refractivity contribution >= 4 is 17.7 Å². The fourth-order valence-electron chi connectivity index (χ4n) is 1.38. The zero-order chi connectivity index (χ0) is 10.2. The standard InChI is InChI=1S/C8H11N3O2S/c1-8(6(12)13,5-2-3-5)14-7-9-4-10-11-7/h4-5H,2-3H2,1H3,(H,12,13)(H,9,10,11). The molecule has 1 aromatic rings. The van der Waals surface area contributed by atoms with Crippen molar-refractivity contribution in [2.24, 2.45) is 5.92 Å². The van der Waals surface area contributed by atoms with E-state index in [9.17, 15) is 4.79 Å². The van der Waals surface area contributed by atoms with Crippen LogP contribution in [0.15, 0.2) is 11.5 Å². The van der Waals surface area contributed by atoms with Gasteiger partial charge in [0.2, 0.25) is 0 Å². The van der Waals surface area contributed by atoms with Gasteiger partial charge in [0, 0.05) is 0 Å². The van der Waals surface area contributed by atoms with Crippen molar-refractivity contribution in [3.05, 3.63) is 6.33 Å². The second-order valence-corrected chi connectivity index (χ2v) is 5.02. The first kappa shape index (κ1) is 9.51. The maximum absolute atomic E-state index is 11.1. The van der Waals surface area contributed by atoms with Gasteiger partial charge in [0.25, 0.3) is 0 Å². The fraction of sp³-hybridized carbons (Fsp3) is 0.625. The minimum Gasteiger partial charge on any atom is -0.480 e. The van der Waals surface area contributed by atoms with Crippen LogP contribution in [0.5, 0.6) is 0 Å². The average molecular weight is 213 g/mol. The molecule has 0 amide bonds. The van der Waals surface area contributed by atoms with E-state index in [4.69, 9.17) is 5.11 Å². The number of rotatable bonds is 4. The molecule has 0 saturated heterocycles. The molecule has 1 heterocycles. The Hall–Kier alpha value is -1.04. The first-order valence-electron chi connectivity index (χ1n) is 4.40. The van der Waals surface area contributed by atoms with E-state index in [1.165, 1.54) is 18.1 Å². The molecule has 1 fully saturated rings. The predicted octanol–water partition coefficient (Wildman–Crippen LogP) is 1.15. The summed E-state index contributed by atoms with van der Waals surface area (Å²) in [5.41, 5.74) is 0. The third kappa shape index (κ3) is 1.61. The highest BCUT2D eigenvalue weighted by Crippen LogP contribution is 2.49. The lowest BCUT2D eigenvalue weighted by molar-refractivity contribution is -0.140. The maximum atomic E-state index is 11.1. The molecule has 0 bridgehead atoms. The summed E-state index contributed by atoms with van der Waals surface area (Å²) in [6.07, 6.45) is 3.37. The van der Waals surface area contributed by atoms with Crippen molar-refractivity contribution in [3.63, 3.8) is 0 Å². The summed E-state index contributed by atoms with van der Waals surface area (Å²) in [5, 5.41) is 16.1. The molecular formula is C8H11N3O2S. The third-order valence-corrected chi connectivity index (χ3v) is 3.80. The topological polar surface area (TPSA) is 78.9 Å². The Labute approximate surface area is 85.3 Å². The first-order chi connectivity index (χ1) is 6.63. The summed E-state index contributed by atoms with van der Waals surface area (Å²) >= 11 is 1.25. The van der Waals surface area contributed by atoms with E-state index in [1.807, 2.05) is 0 Å². The van der Waals surface area contributed by atoms with Crippen LogP contribution in [0, 0.1) is 5.92 Å². The van der Waals surface area contributed by atoms with Gasteiger partial charge in [0.15, 0.2) is 5.16 Å². The molecule has 1 saturated carbocycles. The zero-order valence-corrected chi connectivity index (χ0v) is 8.54. The number of aliphatic carboxylic acids is 1. The summed E-state index contributed by atoms with van der Waals surface area (Å²) in [6, 6.07) is 0. The molecule has 76 valence electrons. The molecule has 2 N–H and O–H groups in total. The number of carbonyl (C=O) groups is 1. The maximum Gasteiger partial charge on any atom is 0.320 e. The summed E-state index contributed by atoms with van der Waals surface area (Å²) in [6.45, 7) is 1.75. The molecule has 14 heavy (non-hydrogen) atoms. The van der Waals surface area contributed by atoms with E-state index in [0.717, 1.165) is 12.8 Å². The first-order valence-corrected chi connectivity index (χ1v) is 5.22. The highest BCUT2D eigenvalue weighted by molar-refractivity contribution is 8.01. The van der Waals surface area contributed by atoms with Crippen LogP contribution in [0.3, 0.4) is 0 Å². The summed E-state index contributed by atoms with van der Waals surface area (Å²) in [5.74, 6) is -0.517. The van der Waals surface area contributed by atoms with Gasteiger partial charge >= 0.3 is 5.97 Å². The average Bonchev–Trinajstić information content (AvgIpc) is 2.87. The molecule has 6 heteroatoms. The van der Waals surface area contributed by atoms with Crippen molar-refractivity contribution in [1.82, 2.24) is 15.2 Å². The van der Waals surface area contributed by atoms with Gasteiger partial charge in [0.05, 0.1) is 0 Å². The second-order valence-electron chi connectivity index (χ2n) is 3.58. The number of nitrogens with one attached hydrogen (secondary N) is 1. The van der Waals surface area contributed by atoms with Crippen LogP contribution in [0.25, 0.3) is 0 Å². The lowest BCUT2D eigenvalue weighted by Crippen LogP contribution is -2.33. The van der Waals surface area contributed by atoms with Crippen molar-refractivity contribution in [3.8, 4) is 0 Å². The smallest absolute Gasteiger partial charge is 0.320 e. The Morgan fingerprint density at radius 2 is 2.50 bits per heavy atom. The number of H-pyrrole nitrogens is 1. The van der Waals surface area contributed by atoms with Gasteiger partial charge in [-0.1, -0.05) is 11.8 Å². The minimum atomic E-state index is -0.776. The van der Waals surface area contributed by atoms with E-state index in [2.05, 4.69) is 15.2 Å². The Morgan fingerprint density at radius 3 is 2.93 bits per heavy atom. The highest BCUT2D eigenvalue weighted by atomic mass is 32.2. The number of hydrogen-bond donors (Lipinski definition) is 2. The predicted molar refractivity (Wildman–Crippen MR) is 51.0 cm³/mol. The van der Waals surface area contributed by atoms with Crippen molar-refractivity contribution < 1.29 is 9.90 Å².